The van der Waals surface area contributed by atoms with Crippen LogP contribution in [0.4, 0.5) is 6.01 Å². The molecule has 1 fully saturated rings. The maximum atomic E-state index is 5.43. The molecule has 1 aromatic heterocycles. The van der Waals surface area contributed by atoms with Crippen LogP contribution in [0.2, 0.25) is 0 Å². The van der Waals surface area contributed by atoms with E-state index in [2.05, 4.69) is 29.4 Å². The van der Waals surface area contributed by atoms with Gasteiger partial charge in [0.05, 0.1) is 6.54 Å². The maximum absolute atomic E-state index is 5.43. The van der Waals surface area contributed by atoms with Crippen molar-refractivity contribution in [2.45, 2.75) is 52.1 Å². The number of hydrogen-bond acceptors (Lipinski definition) is 5. The zero-order chi connectivity index (χ0) is 11.6. The van der Waals surface area contributed by atoms with Gasteiger partial charge < -0.3 is 15.5 Å². The van der Waals surface area contributed by atoms with Crippen LogP contribution in [0, 0.1) is 5.41 Å². The largest absolute Gasteiger partial charge is 0.407 e. The second kappa shape index (κ2) is 4.41. The minimum Gasteiger partial charge on any atom is -0.407 e. The lowest BCUT2D eigenvalue weighted by Crippen LogP contribution is -2.39. The average molecular weight is 224 g/mol. The number of nitrogens with zero attached hydrogens (tertiary/aromatic N) is 2. The highest BCUT2D eigenvalue weighted by atomic mass is 16.4. The number of aromatic nitrogens is 2. The highest BCUT2D eigenvalue weighted by Crippen LogP contribution is 2.36. The third kappa shape index (κ3) is 2.35. The summed E-state index contributed by atoms with van der Waals surface area (Å²) < 4.78 is 5.37. The van der Waals surface area contributed by atoms with Crippen molar-refractivity contribution in [3.8, 4) is 0 Å². The van der Waals surface area contributed by atoms with Crippen LogP contribution in [0.1, 0.15) is 45.4 Å². The van der Waals surface area contributed by atoms with Gasteiger partial charge in [0.25, 0.3) is 0 Å². The van der Waals surface area contributed by atoms with Crippen molar-refractivity contribution in [3.63, 3.8) is 0 Å². The standard InChI is InChI=1S/C11H20N4O/c1-11(2)6-4-3-5-8(11)13-10-15-14-9(7-12)16-10/h8H,3-7,12H2,1-2H3,(H,13,15). The van der Waals surface area contributed by atoms with E-state index in [4.69, 9.17) is 10.2 Å². The van der Waals surface area contributed by atoms with Gasteiger partial charge in [0.15, 0.2) is 0 Å². The van der Waals surface area contributed by atoms with Crippen LogP contribution in [0.5, 0.6) is 0 Å². The molecule has 1 aromatic rings. The Labute approximate surface area is 95.8 Å². The number of anilines is 1. The topological polar surface area (TPSA) is 77.0 Å². The predicted octanol–water partition coefficient (Wildman–Crippen LogP) is 1.91. The molecule has 0 aromatic carbocycles. The molecule has 0 spiro atoms. The third-order valence-electron chi connectivity index (χ3n) is 3.45. The van der Waals surface area contributed by atoms with E-state index in [1.165, 1.54) is 19.3 Å². The number of nitrogens with two attached hydrogens (primary N) is 1. The van der Waals surface area contributed by atoms with Crippen molar-refractivity contribution in [2.75, 3.05) is 5.32 Å². The van der Waals surface area contributed by atoms with Gasteiger partial charge in [0, 0.05) is 6.04 Å². The van der Waals surface area contributed by atoms with Gasteiger partial charge in [-0.2, -0.15) is 0 Å². The van der Waals surface area contributed by atoms with E-state index in [1.807, 2.05) is 0 Å². The quantitative estimate of drug-likeness (QED) is 0.820. The van der Waals surface area contributed by atoms with Crippen LogP contribution in [0.25, 0.3) is 0 Å². The Morgan fingerprint density at radius 1 is 1.44 bits per heavy atom. The van der Waals surface area contributed by atoms with Crippen molar-refractivity contribution in [1.29, 1.82) is 0 Å². The zero-order valence-corrected chi connectivity index (χ0v) is 9.99. The predicted molar refractivity (Wildman–Crippen MR) is 61.8 cm³/mol. The summed E-state index contributed by atoms with van der Waals surface area (Å²) >= 11 is 0. The van der Waals surface area contributed by atoms with E-state index in [-0.39, 0.29) is 5.41 Å². The lowest BCUT2D eigenvalue weighted by molar-refractivity contribution is 0.214. The molecule has 1 aliphatic rings. The zero-order valence-electron chi connectivity index (χ0n) is 9.99. The summed E-state index contributed by atoms with van der Waals surface area (Å²) in [4.78, 5) is 0. The average Bonchev–Trinajstić information content (AvgIpc) is 2.69. The van der Waals surface area contributed by atoms with Crippen molar-refractivity contribution < 1.29 is 4.42 Å². The summed E-state index contributed by atoms with van der Waals surface area (Å²) in [6, 6.07) is 0.910. The summed E-state index contributed by atoms with van der Waals surface area (Å²) in [7, 11) is 0. The molecule has 5 nitrogen and oxygen atoms in total. The summed E-state index contributed by atoms with van der Waals surface area (Å²) in [5.74, 6) is 0.483. The smallest absolute Gasteiger partial charge is 0.315 e. The molecule has 1 aliphatic carbocycles. The van der Waals surface area contributed by atoms with E-state index in [1.54, 1.807) is 0 Å². The Kier molecular flexibility index (Phi) is 3.14. The van der Waals surface area contributed by atoms with Gasteiger partial charge in [-0.1, -0.05) is 31.8 Å². The van der Waals surface area contributed by atoms with E-state index in [9.17, 15) is 0 Å². The van der Waals surface area contributed by atoms with E-state index >= 15 is 0 Å². The summed E-state index contributed by atoms with van der Waals surface area (Å²) in [5.41, 5.74) is 5.71. The molecule has 16 heavy (non-hydrogen) atoms. The Morgan fingerprint density at radius 2 is 2.25 bits per heavy atom. The first-order valence-corrected chi connectivity index (χ1v) is 5.91. The number of hydrogen-bond donors (Lipinski definition) is 2. The van der Waals surface area contributed by atoms with Crippen LogP contribution in [0.3, 0.4) is 0 Å². The van der Waals surface area contributed by atoms with Crippen molar-refractivity contribution in [1.82, 2.24) is 10.2 Å². The van der Waals surface area contributed by atoms with Crippen molar-refractivity contribution in [2.24, 2.45) is 11.1 Å². The molecule has 0 saturated heterocycles. The van der Waals surface area contributed by atoms with Crippen molar-refractivity contribution in [3.05, 3.63) is 5.89 Å². The Morgan fingerprint density at radius 3 is 2.88 bits per heavy atom. The molecule has 2 rings (SSSR count). The monoisotopic (exact) mass is 224 g/mol. The van der Waals surface area contributed by atoms with Gasteiger partial charge in [-0.05, 0) is 18.3 Å². The third-order valence-corrected chi connectivity index (χ3v) is 3.45. The van der Waals surface area contributed by atoms with Gasteiger partial charge in [0.1, 0.15) is 0 Å². The lowest BCUT2D eigenvalue weighted by Gasteiger charge is -2.38. The molecule has 0 aliphatic heterocycles. The molecule has 1 heterocycles. The maximum Gasteiger partial charge on any atom is 0.315 e. The minimum atomic E-state index is 0.287. The van der Waals surface area contributed by atoms with Gasteiger partial charge in [-0.3, -0.25) is 0 Å². The number of rotatable bonds is 3. The molecular weight excluding hydrogens is 204 g/mol. The van der Waals surface area contributed by atoms with Crippen LogP contribution in [-0.4, -0.2) is 16.2 Å². The van der Waals surface area contributed by atoms with E-state index in [0.29, 0.717) is 24.5 Å². The summed E-state index contributed by atoms with van der Waals surface area (Å²) in [6.07, 6.45) is 4.97. The van der Waals surface area contributed by atoms with Crippen LogP contribution < -0.4 is 11.1 Å². The van der Waals surface area contributed by atoms with Crippen LogP contribution in [0.15, 0.2) is 4.42 Å². The Hall–Kier alpha value is -1.10. The Balaban J connectivity index is 2.02. The first-order valence-electron chi connectivity index (χ1n) is 5.91. The fourth-order valence-electron chi connectivity index (χ4n) is 2.31. The van der Waals surface area contributed by atoms with Gasteiger partial charge in [-0.25, -0.2) is 0 Å². The second-order valence-electron chi connectivity index (χ2n) is 5.14. The molecule has 0 bridgehead atoms. The molecule has 3 N–H and O–H groups in total. The Bertz CT molecular complexity index is 348. The molecule has 0 amide bonds. The van der Waals surface area contributed by atoms with Crippen LogP contribution >= 0.6 is 0 Å². The minimum absolute atomic E-state index is 0.287. The van der Waals surface area contributed by atoms with Gasteiger partial charge >= 0.3 is 6.01 Å². The van der Waals surface area contributed by atoms with E-state index in [0.717, 1.165) is 6.42 Å². The van der Waals surface area contributed by atoms with Crippen LogP contribution in [-0.2, 0) is 6.54 Å². The first kappa shape index (κ1) is 11.4. The summed E-state index contributed by atoms with van der Waals surface area (Å²) in [6.45, 7) is 4.86. The highest BCUT2D eigenvalue weighted by molar-refractivity contribution is 5.21. The molecule has 1 atom stereocenters. The summed E-state index contributed by atoms with van der Waals surface area (Å²) in [5, 5.41) is 11.1. The SMILES string of the molecule is CC1(C)CCCCC1Nc1nnc(CN)o1. The molecule has 0 radical (unpaired) electrons. The molecule has 90 valence electrons. The van der Waals surface area contributed by atoms with Crippen molar-refractivity contribution >= 4 is 6.01 Å². The fourth-order valence-corrected chi connectivity index (χ4v) is 2.31. The lowest BCUT2D eigenvalue weighted by atomic mass is 9.73. The molecule has 1 unspecified atom stereocenters. The molecular formula is C11H20N4O. The first-order chi connectivity index (χ1) is 7.62. The fraction of sp³-hybridized carbons (Fsp3) is 0.818. The normalized spacial score (nSPS) is 24.3. The van der Waals surface area contributed by atoms with Gasteiger partial charge in [0.2, 0.25) is 5.89 Å². The highest BCUT2D eigenvalue weighted by Gasteiger charge is 2.32. The molecule has 5 heteroatoms. The van der Waals surface area contributed by atoms with E-state index < -0.39 is 0 Å². The van der Waals surface area contributed by atoms with Gasteiger partial charge in [-0.15, -0.1) is 5.10 Å². The molecule has 1 saturated carbocycles. The second-order valence-corrected chi connectivity index (χ2v) is 5.14. The number of nitrogens with one attached hydrogen (secondary N) is 1.